The highest BCUT2D eigenvalue weighted by Gasteiger charge is 2.06. The number of carbonyl (C=O) groups is 1. The summed E-state index contributed by atoms with van der Waals surface area (Å²) in [5.74, 6) is 2.12. The fraction of sp³-hybridized carbons (Fsp3) is 0.333. The van der Waals surface area contributed by atoms with Crippen molar-refractivity contribution in [2.45, 2.75) is 13.1 Å². The molecule has 0 fully saturated rings. The molecule has 0 aliphatic rings. The van der Waals surface area contributed by atoms with Crippen LogP contribution in [-0.4, -0.2) is 51.6 Å². The number of aliphatic imine (C=N–C) groups is 1. The number of rotatable bonds is 8. The molecule has 0 spiro atoms. The molecule has 7 nitrogen and oxygen atoms in total. The van der Waals surface area contributed by atoms with E-state index in [0.29, 0.717) is 24.8 Å². The third-order valence-electron chi connectivity index (χ3n) is 4.06. The van der Waals surface area contributed by atoms with Crippen LogP contribution in [-0.2, 0) is 17.9 Å². The number of ether oxygens (including phenoxy) is 2. The molecule has 1 amide bonds. The summed E-state index contributed by atoms with van der Waals surface area (Å²) in [7, 11) is 6.79. The van der Waals surface area contributed by atoms with Gasteiger partial charge >= 0.3 is 0 Å². The number of amides is 1. The van der Waals surface area contributed by atoms with Gasteiger partial charge in [0.2, 0.25) is 0 Å². The molecular weight excluding hydrogens is 356 g/mol. The van der Waals surface area contributed by atoms with Crippen LogP contribution in [0.1, 0.15) is 11.1 Å². The Bertz CT molecular complexity index is 788. The summed E-state index contributed by atoms with van der Waals surface area (Å²) in [6.45, 7) is 1.26. The van der Waals surface area contributed by atoms with Crippen molar-refractivity contribution in [3.05, 3.63) is 59.7 Å². The van der Waals surface area contributed by atoms with Crippen molar-refractivity contribution in [1.82, 2.24) is 15.5 Å². The molecule has 7 heteroatoms. The Balaban J connectivity index is 1.83. The van der Waals surface area contributed by atoms with Gasteiger partial charge in [-0.2, -0.15) is 0 Å². The summed E-state index contributed by atoms with van der Waals surface area (Å²) < 4.78 is 10.7. The van der Waals surface area contributed by atoms with E-state index in [1.807, 2.05) is 48.5 Å². The van der Waals surface area contributed by atoms with Gasteiger partial charge in [-0.15, -0.1) is 0 Å². The van der Waals surface area contributed by atoms with E-state index in [2.05, 4.69) is 15.6 Å². The second-order valence-electron chi connectivity index (χ2n) is 6.35. The summed E-state index contributed by atoms with van der Waals surface area (Å²) in [5, 5.41) is 6.55. The summed E-state index contributed by atoms with van der Waals surface area (Å²) in [6, 6.07) is 15.5. The average Bonchev–Trinajstić information content (AvgIpc) is 2.72. The van der Waals surface area contributed by atoms with Gasteiger partial charge in [-0.25, -0.2) is 0 Å². The highest BCUT2D eigenvalue weighted by molar-refractivity contribution is 5.79. The third-order valence-corrected chi connectivity index (χ3v) is 4.06. The number of nitrogens with one attached hydrogen (secondary N) is 2. The first-order valence-corrected chi connectivity index (χ1v) is 9.01. The lowest BCUT2D eigenvalue weighted by molar-refractivity contribution is -0.130. The fourth-order valence-electron chi connectivity index (χ4n) is 2.35. The maximum absolute atomic E-state index is 11.6. The molecule has 0 saturated heterocycles. The minimum Gasteiger partial charge on any atom is -0.497 e. The van der Waals surface area contributed by atoms with Crippen LogP contribution in [0.2, 0.25) is 0 Å². The van der Waals surface area contributed by atoms with Crippen LogP contribution < -0.4 is 20.1 Å². The molecule has 28 heavy (non-hydrogen) atoms. The smallest absolute Gasteiger partial charge is 0.259 e. The molecule has 0 aliphatic carbocycles. The topological polar surface area (TPSA) is 75.2 Å². The second kappa shape index (κ2) is 10.8. The quantitative estimate of drug-likeness (QED) is 0.538. The highest BCUT2D eigenvalue weighted by atomic mass is 16.5. The number of nitrogens with zero attached hydrogens (tertiary/aromatic N) is 2. The SMILES string of the molecule is CN=C(NCc1ccc(OC)cc1)NCc1cccc(OCC(=O)N(C)C)c1. The zero-order valence-electron chi connectivity index (χ0n) is 16.9. The lowest BCUT2D eigenvalue weighted by atomic mass is 10.2. The zero-order chi connectivity index (χ0) is 20.4. The summed E-state index contributed by atoms with van der Waals surface area (Å²) >= 11 is 0. The number of benzene rings is 2. The normalized spacial score (nSPS) is 10.9. The molecule has 0 unspecified atom stereocenters. The van der Waals surface area contributed by atoms with E-state index in [4.69, 9.17) is 9.47 Å². The van der Waals surface area contributed by atoms with Crippen LogP contribution in [0.25, 0.3) is 0 Å². The van der Waals surface area contributed by atoms with Crippen molar-refractivity contribution >= 4 is 11.9 Å². The standard InChI is InChI=1S/C21H28N4O3/c1-22-21(23-13-16-8-10-18(27-4)11-9-16)24-14-17-6-5-7-19(12-17)28-15-20(26)25(2)3/h5-12H,13-15H2,1-4H3,(H2,22,23,24). The molecule has 2 rings (SSSR count). The van der Waals surface area contributed by atoms with Gasteiger partial charge in [-0.3, -0.25) is 9.79 Å². The van der Waals surface area contributed by atoms with Crippen LogP contribution in [0.5, 0.6) is 11.5 Å². The molecular formula is C21H28N4O3. The van der Waals surface area contributed by atoms with E-state index >= 15 is 0 Å². The number of likely N-dealkylation sites (N-methyl/N-ethyl adjacent to an activating group) is 1. The Hall–Kier alpha value is -3.22. The summed E-state index contributed by atoms with van der Waals surface area (Å²) in [4.78, 5) is 17.4. The van der Waals surface area contributed by atoms with E-state index in [1.54, 1.807) is 28.3 Å². The molecule has 0 bridgehead atoms. The Labute approximate surface area is 166 Å². The monoisotopic (exact) mass is 384 g/mol. The molecule has 0 aromatic heterocycles. The molecule has 150 valence electrons. The number of hydrogen-bond donors (Lipinski definition) is 2. The van der Waals surface area contributed by atoms with Crippen LogP contribution in [0.3, 0.4) is 0 Å². The molecule has 2 aromatic carbocycles. The van der Waals surface area contributed by atoms with E-state index in [-0.39, 0.29) is 12.5 Å². The predicted octanol–water partition coefficient (Wildman–Crippen LogP) is 2.03. The van der Waals surface area contributed by atoms with E-state index < -0.39 is 0 Å². The predicted molar refractivity (Wildman–Crippen MR) is 111 cm³/mol. The van der Waals surface area contributed by atoms with Gasteiger partial charge in [-0.05, 0) is 35.4 Å². The Morgan fingerprint density at radius 1 is 1.00 bits per heavy atom. The Morgan fingerprint density at radius 3 is 2.29 bits per heavy atom. The van der Waals surface area contributed by atoms with Crippen molar-refractivity contribution in [2.24, 2.45) is 4.99 Å². The number of methoxy groups -OCH3 is 1. The van der Waals surface area contributed by atoms with E-state index in [0.717, 1.165) is 16.9 Å². The van der Waals surface area contributed by atoms with Gasteiger partial charge < -0.3 is 25.0 Å². The van der Waals surface area contributed by atoms with Gasteiger partial charge in [0.15, 0.2) is 12.6 Å². The van der Waals surface area contributed by atoms with Gasteiger partial charge in [-0.1, -0.05) is 24.3 Å². The molecule has 0 saturated carbocycles. The van der Waals surface area contributed by atoms with Gasteiger partial charge in [0, 0.05) is 34.2 Å². The molecule has 0 atom stereocenters. The van der Waals surface area contributed by atoms with Crippen molar-refractivity contribution < 1.29 is 14.3 Å². The first kappa shape index (κ1) is 21.1. The molecule has 0 radical (unpaired) electrons. The molecule has 2 N–H and O–H groups in total. The lowest BCUT2D eigenvalue weighted by Crippen LogP contribution is -2.36. The van der Waals surface area contributed by atoms with Crippen molar-refractivity contribution in [3.63, 3.8) is 0 Å². The van der Waals surface area contributed by atoms with E-state index in [1.165, 1.54) is 4.90 Å². The Morgan fingerprint density at radius 2 is 1.68 bits per heavy atom. The molecule has 0 heterocycles. The average molecular weight is 384 g/mol. The third kappa shape index (κ3) is 6.83. The van der Waals surface area contributed by atoms with Crippen LogP contribution >= 0.6 is 0 Å². The fourth-order valence-corrected chi connectivity index (χ4v) is 2.35. The van der Waals surface area contributed by atoms with Gasteiger partial charge in [0.1, 0.15) is 11.5 Å². The maximum atomic E-state index is 11.6. The first-order valence-electron chi connectivity index (χ1n) is 9.01. The van der Waals surface area contributed by atoms with Crippen LogP contribution in [0, 0.1) is 0 Å². The largest absolute Gasteiger partial charge is 0.497 e. The lowest BCUT2D eigenvalue weighted by Gasteiger charge is -2.14. The minimum atomic E-state index is -0.0772. The summed E-state index contributed by atoms with van der Waals surface area (Å²) in [5.41, 5.74) is 2.16. The number of carbonyl (C=O) groups excluding carboxylic acids is 1. The second-order valence-corrected chi connectivity index (χ2v) is 6.35. The first-order chi connectivity index (χ1) is 13.5. The molecule has 0 aliphatic heterocycles. The number of hydrogen-bond acceptors (Lipinski definition) is 4. The molecule has 2 aromatic rings. The maximum Gasteiger partial charge on any atom is 0.259 e. The zero-order valence-corrected chi connectivity index (χ0v) is 16.9. The van der Waals surface area contributed by atoms with E-state index in [9.17, 15) is 4.79 Å². The minimum absolute atomic E-state index is 0.0228. The van der Waals surface area contributed by atoms with Crippen LogP contribution in [0.4, 0.5) is 0 Å². The van der Waals surface area contributed by atoms with Crippen LogP contribution in [0.15, 0.2) is 53.5 Å². The Kier molecular flexibility index (Phi) is 8.14. The van der Waals surface area contributed by atoms with Crippen molar-refractivity contribution in [1.29, 1.82) is 0 Å². The summed E-state index contributed by atoms with van der Waals surface area (Å²) in [6.07, 6.45) is 0. The van der Waals surface area contributed by atoms with Crippen molar-refractivity contribution in [2.75, 3.05) is 34.9 Å². The van der Waals surface area contributed by atoms with Crippen molar-refractivity contribution in [3.8, 4) is 11.5 Å². The highest BCUT2D eigenvalue weighted by Crippen LogP contribution is 2.13. The number of guanidine groups is 1. The van der Waals surface area contributed by atoms with Gasteiger partial charge in [0.25, 0.3) is 5.91 Å². The van der Waals surface area contributed by atoms with Gasteiger partial charge in [0.05, 0.1) is 7.11 Å².